The molecule has 0 saturated carbocycles. The van der Waals surface area contributed by atoms with Crippen LogP contribution in [0.4, 0.5) is 0 Å². The van der Waals surface area contributed by atoms with Crippen molar-refractivity contribution in [3.05, 3.63) is 47.7 Å². The van der Waals surface area contributed by atoms with E-state index >= 15 is 0 Å². The van der Waals surface area contributed by atoms with Crippen LogP contribution in [-0.4, -0.2) is 49.2 Å². The molecule has 0 aliphatic carbocycles. The number of nitriles is 1. The second kappa shape index (κ2) is 7.74. The number of hydrogen-bond acceptors (Lipinski definition) is 6. The average molecular weight is 353 g/mol. The first-order valence-corrected chi connectivity index (χ1v) is 8.19. The van der Waals surface area contributed by atoms with Crippen LogP contribution >= 0.6 is 0 Å². The minimum atomic E-state index is -0.169. The van der Waals surface area contributed by atoms with Crippen molar-refractivity contribution < 1.29 is 19.0 Å². The number of para-hydroxylation sites is 1. The summed E-state index contributed by atoms with van der Waals surface area (Å²) in [4.78, 5) is 18.7. The van der Waals surface area contributed by atoms with Gasteiger partial charge in [0.25, 0.3) is 5.91 Å². The summed E-state index contributed by atoms with van der Waals surface area (Å²) in [6, 6.07) is 10.5. The van der Waals surface area contributed by atoms with E-state index in [0.717, 1.165) is 0 Å². The average Bonchev–Trinajstić information content (AvgIpc) is 3.15. The van der Waals surface area contributed by atoms with Gasteiger partial charge in [-0.25, -0.2) is 4.98 Å². The summed E-state index contributed by atoms with van der Waals surface area (Å²) in [6.45, 7) is 1.01. The van der Waals surface area contributed by atoms with Crippen LogP contribution in [0.2, 0.25) is 0 Å². The van der Waals surface area contributed by atoms with E-state index in [-0.39, 0.29) is 12.0 Å². The van der Waals surface area contributed by atoms with Gasteiger partial charge in [-0.15, -0.1) is 0 Å². The zero-order valence-electron chi connectivity index (χ0n) is 14.6. The third-order valence-corrected chi connectivity index (χ3v) is 4.22. The second-order valence-electron chi connectivity index (χ2n) is 5.82. The number of benzene rings is 1. The van der Waals surface area contributed by atoms with Crippen molar-refractivity contribution in [1.29, 1.82) is 5.26 Å². The molecule has 1 fully saturated rings. The van der Waals surface area contributed by atoms with Crippen molar-refractivity contribution >= 4 is 5.91 Å². The summed E-state index contributed by atoms with van der Waals surface area (Å²) in [5.74, 6) is 1.20. The third kappa shape index (κ3) is 3.54. The summed E-state index contributed by atoms with van der Waals surface area (Å²) < 4.78 is 16.4. The largest absolute Gasteiger partial charge is 0.493 e. The molecular formula is C19H19N3O4. The molecule has 1 atom stereocenters. The Morgan fingerprint density at radius 2 is 2.15 bits per heavy atom. The summed E-state index contributed by atoms with van der Waals surface area (Å²) in [5, 5.41) is 8.95. The Morgan fingerprint density at radius 3 is 2.88 bits per heavy atom. The number of hydrogen-bond donors (Lipinski definition) is 0. The zero-order chi connectivity index (χ0) is 18.5. The van der Waals surface area contributed by atoms with E-state index < -0.39 is 0 Å². The van der Waals surface area contributed by atoms with E-state index in [9.17, 15) is 4.79 Å². The van der Waals surface area contributed by atoms with Crippen molar-refractivity contribution in [2.45, 2.75) is 12.5 Å². The fourth-order valence-corrected chi connectivity index (χ4v) is 2.95. The molecule has 0 N–H and O–H groups in total. The minimum absolute atomic E-state index is 0.134. The molecule has 1 aromatic heterocycles. The molecule has 26 heavy (non-hydrogen) atoms. The van der Waals surface area contributed by atoms with Gasteiger partial charge in [0, 0.05) is 25.2 Å². The van der Waals surface area contributed by atoms with Gasteiger partial charge in [-0.05, 0) is 18.2 Å². The molecule has 7 heteroatoms. The van der Waals surface area contributed by atoms with Crippen LogP contribution in [-0.2, 0) is 0 Å². The Morgan fingerprint density at radius 1 is 1.31 bits per heavy atom. The molecule has 1 saturated heterocycles. The van der Waals surface area contributed by atoms with Crippen LogP contribution in [0.15, 0.2) is 36.5 Å². The number of carbonyl (C=O) groups is 1. The molecule has 1 aliphatic rings. The summed E-state index contributed by atoms with van der Waals surface area (Å²) in [5.41, 5.74) is 0.944. The Balaban J connectivity index is 1.71. The van der Waals surface area contributed by atoms with Crippen molar-refractivity contribution in [3.8, 4) is 23.4 Å². The van der Waals surface area contributed by atoms with Crippen LogP contribution in [0.5, 0.6) is 17.4 Å². The molecule has 1 unspecified atom stereocenters. The molecule has 0 bridgehead atoms. The van der Waals surface area contributed by atoms with Gasteiger partial charge in [0.1, 0.15) is 6.10 Å². The van der Waals surface area contributed by atoms with E-state index in [2.05, 4.69) is 11.1 Å². The van der Waals surface area contributed by atoms with Gasteiger partial charge < -0.3 is 19.1 Å². The van der Waals surface area contributed by atoms with E-state index in [1.807, 2.05) is 0 Å². The maximum Gasteiger partial charge on any atom is 0.257 e. The van der Waals surface area contributed by atoms with Gasteiger partial charge in [0.15, 0.2) is 11.5 Å². The summed E-state index contributed by atoms with van der Waals surface area (Å²) >= 11 is 0. The monoisotopic (exact) mass is 353 g/mol. The third-order valence-electron chi connectivity index (χ3n) is 4.22. The molecule has 2 heterocycles. The highest BCUT2D eigenvalue weighted by atomic mass is 16.5. The topological polar surface area (TPSA) is 84.7 Å². The molecular weight excluding hydrogens is 334 g/mol. The number of carbonyl (C=O) groups excluding carboxylic acids is 1. The highest BCUT2D eigenvalue weighted by molar-refractivity contribution is 5.98. The fourth-order valence-electron chi connectivity index (χ4n) is 2.95. The van der Waals surface area contributed by atoms with Crippen LogP contribution in [0.25, 0.3) is 0 Å². The number of ether oxygens (including phenoxy) is 3. The van der Waals surface area contributed by atoms with Gasteiger partial charge in [-0.1, -0.05) is 6.07 Å². The maximum atomic E-state index is 12.9. The van der Waals surface area contributed by atoms with Crippen LogP contribution in [0.1, 0.15) is 22.3 Å². The first kappa shape index (κ1) is 17.5. The lowest BCUT2D eigenvalue weighted by Gasteiger charge is -2.19. The van der Waals surface area contributed by atoms with E-state index in [4.69, 9.17) is 19.5 Å². The molecule has 0 spiro atoms. The molecule has 1 amide bonds. The molecule has 7 nitrogen and oxygen atoms in total. The minimum Gasteiger partial charge on any atom is -0.493 e. The molecule has 2 aromatic rings. The van der Waals surface area contributed by atoms with Crippen molar-refractivity contribution in [2.75, 3.05) is 27.3 Å². The highest BCUT2D eigenvalue weighted by Crippen LogP contribution is 2.32. The Hall–Kier alpha value is -3.27. The van der Waals surface area contributed by atoms with Crippen LogP contribution in [0.3, 0.4) is 0 Å². The normalized spacial score (nSPS) is 16.0. The number of aromatic nitrogens is 1. The molecule has 1 aromatic carbocycles. The predicted octanol–water partition coefficient (Wildman–Crippen LogP) is 2.26. The lowest BCUT2D eigenvalue weighted by atomic mass is 10.1. The smallest absolute Gasteiger partial charge is 0.257 e. The number of methoxy groups -OCH3 is 2. The molecule has 1 aliphatic heterocycles. The van der Waals surface area contributed by atoms with Crippen LogP contribution in [0, 0.1) is 11.3 Å². The lowest BCUT2D eigenvalue weighted by molar-refractivity contribution is 0.0767. The first-order chi connectivity index (χ1) is 12.7. The predicted molar refractivity (Wildman–Crippen MR) is 93.4 cm³/mol. The van der Waals surface area contributed by atoms with E-state index in [0.29, 0.717) is 48.0 Å². The van der Waals surface area contributed by atoms with E-state index in [1.165, 1.54) is 20.4 Å². The molecule has 3 rings (SSSR count). The Labute approximate surface area is 151 Å². The molecule has 0 radical (unpaired) electrons. The molecule has 134 valence electrons. The summed E-state index contributed by atoms with van der Waals surface area (Å²) in [7, 11) is 3.05. The standard InChI is InChI=1S/C19H19N3O4/c1-24-16-5-3-4-15(18(16)25-2)19(23)22-9-7-14(12-22)26-17-10-13(11-20)6-8-21-17/h3-6,8,10,14H,7,9,12H2,1-2H3. The van der Waals surface area contributed by atoms with Crippen molar-refractivity contribution in [1.82, 2.24) is 9.88 Å². The van der Waals surface area contributed by atoms with Crippen LogP contribution < -0.4 is 14.2 Å². The lowest BCUT2D eigenvalue weighted by Crippen LogP contribution is -2.31. The van der Waals surface area contributed by atoms with Gasteiger partial charge in [0.05, 0.1) is 38.0 Å². The number of pyridine rings is 1. The quantitative estimate of drug-likeness (QED) is 0.820. The SMILES string of the molecule is COc1cccc(C(=O)N2CCC(Oc3cc(C#N)ccn3)C2)c1OC. The van der Waals surface area contributed by atoms with Gasteiger partial charge >= 0.3 is 0 Å². The highest BCUT2D eigenvalue weighted by Gasteiger charge is 2.30. The Kier molecular flexibility index (Phi) is 5.23. The zero-order valence-corrected chi connectivity index (χ0v) is 14.6. The van der Waals surface area contributed by atoms with Crippen molar-refractivity contribution in [2.24, 2.45) is 0 Å². The Bertz CT molecular complexity index is 847. The van der Waals surface area contributed by atoms with Gasteiger partial charge in [0.2, 0.25) is 5.88 Å². The number of rotatable bonds is 5. The summed E-state index contributed by atoms with van der Waals surface area (Å²) in [6.07, 6.45) is 2.06. The number of amides is 1. The van der Waals surface area contributed by atoms with E-state index in [1.54, 1.807) is 35.2 Å². The second-order valence-corrected chi connectivity index (χ2v) is 5.82. The van der Waals surface area contributed by atoms with Crippen molar-refractivity contribution in [3.63, 3.8) is 0 Å². The number of likely N-dealkylation sites (tertiary alicyclic amines) is 1. The number of nitrogens with zero attached hydrogens (tertiary/aromatic N) is 3. The van der Waals surface area contributed by atoms with Gasteiger partial charge in [-0.3, -0.25) is 4.79 Å². The maximum absolute atomic E-state index is 12.9. The first-order valence-electron chi connectivity index (χ1n) is 8.19. The fraction of sp³-hybridized carbons (Fsp3) is 0.316. The van der Waals surface area contributed by atoms with Gasteiger partial charge in [-0.2, -0.15) is 5.26 Å².